The Morgan fingerprint density at radius 2 is 1.84 bits per heavy atom. The molecular formula is C18H23BrF2NO7PS2. The van der Waals surface area contributed by atoms with E-state index >= 15 is 8.78 Å². The highest BCUT2D eigenvalue weighted by molar-refractivity contribution is 9.10. The fourth-order valence-corrected chi connectivity index (χ4v) is 7.41. The maximum absolute atomic E-state index is 15.4. The van der Waals surface area contributed by atoms with Crippen LogP contribution in [-0.2, 0) is 29.1 Å². The predicted molar refractivity (Wildman–Crippen MR) is 123 cm³/mol. The van der Waals surface area contributed by atoms with E-state index in [0.717, 1.165) is 6.26 Å². The number of primary amides is 1. The van der Waals surface area contributed by atoms with Crippen molar-refractivity contribution >= 4 is 60.7 Å². The van der Waals surface area contributed by atoms with Gasteiger partial charge in [0.25, 0.3) is 0 Å². The first-order valence-electron chi connectivity index (χ1n) is 9.41. The third-order valence-electron chi connectivity index (χ3n) is 4.11. The molecule has 0 unspecified atom stereocenters. The summed E-state index contributed by atoms with van der Waals surface area (Å²) in [5.41, 5.74) is 1.36. The number of amides is 1. The molecule has 0 aliphatic carbocycles. The minimum Gasteiger partial charge on any atom is -0.492 e. The minimum absolute atomic E-state index is 0.00165. The maximum Gasteiger partial charge on any atom is 0.405 e. The van der Waals surface area contributed by atoms with E-state index in [0.29, 0.717) is 11.3 Å². The molecule has 1 amide bonds. The summed E-state index contributed by atoms with van der Waals surface area (Å²) in [5, 5.41) is 0.193. The van der Waals surface area contributed by atoms with Gasteiger partial charge in [0.2, 0.25) is 5.91 Å². The number of carbonyl (C=O) groups is 1. The number of ether oxygens (including phenoxy) is 1. The standard InChI is InChI=1S/C18H23BrF2NO7PS2/c1-4-28-30(24,29-5-2)18(20,21)16-14(19)12-9-11(17(22)23)10-13(15(12)31-16)27-7-6-8-32(3,25)26/h9-10H,4-8H2,1-3H3,(H2,22,23). The quantitative estimate of drug-likeness (QED) is 0.281. The first-order valence-corrected chi connectivity index (χ1v) is 14.6. The lowest BCUT2D eigenvalue weighted by atomic mass is 10.1. The number of hydrogen-bond donors (Lipinski definition) is 1. The van der Waals surface area contributed by atoms with Gasteiger partial charge in [0.05, 0.1) is 30.3 Å². The number of hydrogen-bond acceptors (Lipinski definition) is 8. The van der Waals surface area contributed by atoms with E-state index in [1.807, 2.05) is 0 Å². The van der Waals surface area contributed by atoms with E-state index in [-0.39, 0.29) is 57.9 Å². The summed E-state index contributed by atoms with van der Waals surface area (Å²) in [6, 6.07) is 2.61. The molecule has 32 heavy (non-hydrogen) atoms. The molecule has 0 saturated carbocycles. The van der Waals surface area contributed by atoms with Gasteiger partial charge in [-0.25, -0.2) is 8.42 Å². The molecule has 8 nitrogen and oxygen atoms in total. The van der Waals surface area contributed by atoms with Crippen molar-refractivity contribution in [2.75, 3.05) is 31.8 Å². The van der Waals surface area contributed by atoms with Crippen molar-refractivity contribution in [3.8, 4) is 5.75 Å². The van der Waals surface area contributed by atoms with Gasteiger partial charge in [0.15, 0.2) is 0 Å². The molecule has 0 bridgehead atoms. The highest BCUT2D eigenvalue weighted by Crippen LogP contribution is 2.69. The molecule has 1 aromatic heterocycles. The van der Waals surface area contributed by atoms with Crippen LogP contribution in [0.1, 0.15) is 35.5 Å². The number of halogens is 3. The van der Waals surface area contributed by atoms with Crippen LogP contribution in [0.25, 0.3) is 10.1 Å². The first-order chi connectivity index (χ1) is 14.8. The van der Waals surface area contributed by atoms with E-state index in [4.69, 9.17) is 19.5 Å². The molecule has 0 aliphatic rings. The third-order valence-corrected chi connectivity index (χ3v) is 9.78. The Balaban J connectivity index is 2.59. The summed E-state index contributed by atoms with van der Waals surface area (Å²) in [5.74, 6) is -0.872. The van der Waals surface area contributed by atoms with Crippen LogP contribution in [0.2, 0.25) is 0 Å². The van der Waals surface area contributed by atoms with Crippen molar-refractivity contribution in [2.24, 2.45) is 5.73 Å². The van der Waals surface area contributed by atoms with E-state index in [1.165, 1.54) is 26.0 Å². The highest BCUT2D eigenvalue weighted by Gasteiger charge is 2.57. The normalized spacial score (nSPS) is 12.9. The number of carbonyl (C=O) groups excluding carboxylic acids is 1. The van der Waals surface area contributed by atoms with Crippen molar-refractivity contribution in [1.29, 1.82) is 0 Å². The van der Waals surface area contributed by atoms with Crippen molar-refractivity contribution in [2.45, 2.75) is 25.9 Å². The lowest BCUT2D eigenvalue weighted by Gasteiger charge is -2.25. The van der Waals surface area contributed by atoms with Crippen LogP contribution in [0.15, 0.2) is 16.6 Å². The Bertz CT molecular complexity index is 1140. The van der Waals surface area contributed by atoms with Gasteiger partial charge in [-0.2, -0.15) is 8.78 Å². The van der Waals surface area contributed by atoms with Crippen LogP contribution in [0.4, 0.5) is 8.78 Å². The van der Waals surface area contributed by atoms with Crippen molar-refractivity contribution < 1.29 is 40.3 Å². The van der Waals surface area contributed by atoms with Crippen LogP contribution >= 0.6 is 34.9 Å². The van der Waals surface area contributed by atoms with Crippen molar-refractivity contribution in [3.05, 3.63) is 27.0 Å². The predicted octanol–water partition coefficient (Wildman–Crippen LogP) is 4.89. The van der Waals surface area contributed by atoms with Gasteiger partial charge >= 0.3 is 13.3 Å². The smallest absolute Gasteiger partial charge is 0.405 e. The maximum atomic E-state index is 15.4. The van der Waals surface area contributed by atoms with Gasteiger partial charge in [0.1, 0.15) is 20.5 Å². The number of sulfone groups is 1. The van der Waals surface area contributed by atoms with Crippen LogP contribution in [0, 0.1) is 0 Å². The molecule has 0 spiro atoms. The third kappa shape index (κ3) is 5.87. The number of rotatable bonds is 12. The molecule has 0 fully saturated rings. The Labute approximate surface area is 197 Å². The summed E-state index contributed by atoms with van der Waals surface area (Å²) < 4.78 is 81.6. The Hall–Kier alpha value is -1.11. The van der Waals surface area contributed by atoms with Gasteiger partial charge in [-0.1, -0.05) is 0 Å². The number of thiophene rings is 1. The summed E-state index contributed by atoms with van der Waals surface area (Å²) in [6.45, 7) is 2.29. The second-order valence-electron chi connectivity index (χ2n) is 6.67. The number of nitrogens with two attached hydrogens (primary N) is 1. The van der Waals surface area contributed by atoms with Crippen LogP contribution in [0.5, 0.6) is 5.75 Å². The Kier molecular flexibility index (Phi) is 8.85. The second-order valence-corrected chi connectivity index (χ2v) is 12.8. The molecular weight excluding hydrogens is 555 g/mol. The van der Waals surface area contributed by atoms with Gasteiger partial charge in [0, 0.05) is 21.7 Å². The van der Waals surface area contributed by atoms with Gasteiger partial charge < -0.3 is 19.5 Å². The lowest BCUT2D eigenvalue weighted by molar-refractivity contribution is 0.0387. The van der Waals surface area contributed by atoms with Crippen molar-refractivity contribution in [3.63, 3.8) is 0 Å². The largest absolute Gasteiger partial charge is 0.492 e. The summed E-state index contributed by atoms with van der Waals surface area (Å²) in [6.07, 6.45) is 1.24. The highest BCUT2D eigenvalue weighted by atomic mass is 79.9. The molecule has 0 aliphatic heterocycles. The number of benzene rings is 1. The van der Waals surface area contributed by atoms with Crippen molar-refractivity contribution in [1.82, 2.24) is 0 Å². The molecule has 0 saturated heterocycles. The fourth-order valence-electron chi connectivity index (χ4n) is 2.75. The van der Waals surface area contributed by atoms with E-state index < -0.39 is 33.9 Å². The molecule has 1 heterocycles. The lowest BCUT2D eigenvalue weighted by Crippen LogP contribution is -2.17. The molecule has 2 N–H and O–H groups in total. The zero-order valence-corrected chi connectivity index (χ0v) is 21.6. The SMILES string of the molecule is CCOP(=O)(OCC)C(F)(F)c1sc2c(OCCCS(C)(=O)=O)cc(C(N)=O)cc2c1Br. The molecule has 1 aromatic carbocycles. The molecule has 2 rings (SSSR count). The molecule has 180 valence electrons. The monoisotopic (exact) mass is 577 g/mol. The number of fused-ring (bicyclic) bond motifs is 1. The van der Waals surface area contributed by atoms with Gasteiger partial charge in [-0.3, -0.25) is 9.36 Å². The second kappa shape index (κ2) is 10.4. The summed E-state index contributed by atoms with van der Waals surface area (Å²) in [7, 11) is -8.08. The zero-order valence-electron chi connectivity index (χ0n) is 17.5. The first kappa shape index (κ1) is 27.1. The minimum atomic E-state index is -4.87. The summed E-state index contributed by atoms with van der Waals surface area (Å²) in [4.78, 5) is 11.1. The van der Waals surface area contributed by atoms with Crippen LogP contribution in [-0.4, -0.2) is 46.2 Å². The summed E-state index contributed by atoms with van der Waals surface area (Å²) >= 11 is 3.71. The van der Waals surface area contributed by atoms with Crippen LogP contribution < -0.4 is 10.5 Å². The zero-order chi connectivity index (χ0) is 24.3. The van der Waals surface area contributed by atoms with Gasteiger partial charge in [-0.15, -0.1) is 11.3 Å². The Morgan fingerprint density at radius 1 is 1.25 bits per heavy atom. The number of alkyl halides is 2. The molecule has 0 radical (unpaired) electrons. The van der Waals surface area contributed by atoms with Crippen LogP contribution in [0.3, 0.4) is 0 Å². The average molecular weight is 578 g/mol. The van der Waals surface area contributed by atoms with E-state index in [1.54, 1.807) is 0 Å². The average Bonchev–Trinajstić information content (AvgIpc) is 3.02. The van der Waals surface area contributed by atoms with Gasteiger partial charge in [-0.05, 0) is 48.3 Å². The van der Waals surface area contributed by atoms with E-state index in [2.05, 4.69) is 15.9 Å². The topological polar surface area (TPSA) is 122 Å². The fraction of sp³-hybridized carbons (Fsp3) is 0.500. The molecule has 14 heteroatoms. The molecule has 0 atom stereocenters. The molecule has 2 aromatic rings. The Morgan fingerprint density at radius 3 is 2.34 bits per heavy atom. The van der Waals surface area contributed by atoms with E-state index in [9.17, 15) is 17.8 Å².